The second kappa shape index (κ2) is 6.94. The highest BCUT2D eigenvalue weighted by atomic mass is 16.5. The van der Waals surface area contributed by atoms with Gasteiger partial charge in [-0.15, -0.1) is 0 Å². The minimum Gasteiger partial charge on any atom is -0.449 e. The van der Waals surface area contributed by atoms with Gasteiger partial charge in [-0.1, -0.05) is 24.9 Å². The van der Waals surface area contributed by atoms with Crippen LogP contribution in [0, 0.1) is 19.8 Å². The van der Waals surface area contributed by atoms with E-state index in [-0.39, 0.29) is 11.9 Å². The molecule has 0 aromatic carbocycles. The summed E-state index contributed by atoms with van der Waals surface area (Å²) in [4.78, 5) is 24.3. The van der Waals surface area contributed by atoms with Gasteiger partial charge in [0.2, 0.25) is 0 Å². The van der Waals surface area contributed by atoms with Crippen LogP contribution in [0.25, 0.3) is 0 Å². The van der Waals surface area contributed by atoms with Gasteiger partial charge in [0.25, 0.3) is 5.91 Å². The number of aromatic nitrogens is 1. The lowest BCUT2D eigenvalue weighted by molar-refractivity contribution is -0.130. The standard InChI is InChI=1S/C16H24N2O4/c1-9-7-5-6-8-13(9)17-15(19)12(4)21-16(20)14-10(2)18-22-11(14)3/h9,12-13H,5-8H2,1-4H3,(H,17,19)/t9-,12-,13+/m0/s1. The van der Waals surface area contributed by atoms with Crippen LogP contribution in [0.5, 0.6) is 0 Å². The summed E-state index contributed by atoms with van der Waals surface area (Å²) in [5, 5.41) is 6.71. The van der Waals surface area contributed by atoms with E-state index in [1.165, 1.54) is 6.42 Å². The fourth-order valence-electron chi connectivity index (χ4n) is 2.88. The van der Waals surface area contributed by atoms with Crippen LogP contribution in [-0.4, -0.2) is 29.2 Å². The molecule has 2 rings (SSSR count). The maximum Gasteiger partial charge on any atom is 0.344 e. The summed E-state index contributed by atoms with van der Waals surface area (Å²) >= 11 is 0. The molecule has 22 heavy (non-hydrogen) atoms. The number of carbonyl (C=O) groups excluding carboxylic acids is 2. The zero-order valence-electron chi connectivity index (χ0n) is 13.6. The summed E-state index contributed by atoms with van der Waals surface area (Å²) in [6.07, 6.45) is 3.61. The van der Waals surface area contributed by atoms with Gasteiger partial charge in [-0.2, -0.15) is 0 Å². The molecule has 1 aliphatic carbocycles. The fourth-order valence-corrected chi connectivity index (χ4v) is 2.88. The van der Waals surface area contributed by atoms with Crippen molar-refractivity contribution < 1.29 is 18.8 Å². The van der Waals surface area contributed by atoms with E-state index in [1.807, 2.05) is 0 Å². The Kier molecular flexibility index (Phi) is 5.21. The first-order valence-electron chi connectivity index (χ1n) is 7.84. The Morgan fingerprint density at radius 3 is 2.59 bits per heavy atom. The molecule has 0 radical (unpaired) electrons. The van der Waals surface area contributed by atoms with Crippen molar-refractivity contribution in [3.05, 3.63) is 17.0 Å². The quantitative estimate of drug-likeness (QED) is 0.864. The monoisotopic (exact) mass is 308 g/mol. The first-order chi connectivity index (χ1) is 10.4. The van der Waals surface area contributed by atoms with Gasteiger partial charge in [0, 0.05) is 6.04 Å². The van der Waals surface area contributed by atoms with Gasteiger partial charge in [0.1, 0.15) is 11.3 Å². The van der Waals surface area contributed by atoms with Crippen molar-refractivity contribution in [3.8, 4) is 0 Å². The summed E-state index contributed by atoms with van der Waals surface area (Å²) in [7, 11) is 0. The van der Waals surface area contributed by atoms with Crippen LogP contribution >= 0.6 is 0 Å². The van der Waals surface area contributed by atoms with E-state index in [2.05, 4.69) is 17.4 Å². The number of hydrogen-bond acceptors (Lipinski definition) is 5. The van der Waals surface area contributed by atoms with Crippen LogP contribution < -0.4 is 5.32 Å². The largest absolute Gasteiger partial charge is 0.449 e. The highest BCUT2D eigenvalue weighted by Gasteiger charge is 2.28. The number of nitrogens with zero attached hydrogens (tertiary/aromatic N) is 1. The molecule has 1 N–H and O–H groups in total. The van der Waals surface area contributed by atoms with Gasteiger partial charge in [0.15, 0.2) is 6.10 Å². The number of carbonyl (C=O) groups is 2. The van der Waals surface area contributed by atoms with Crippen molar-refractivity contribution in [2.45, 2.75) is 65.5 Å². The summed E-state index contributed by atoms with van der Waals surface area (Å²) in [5.74, 6) is 0.0358. The summed E-state index contributed by atoms with van der Waals surface area (Å²) < 4.78 is 10.2. The Hall–Kier alpha value is -1.85. The minimum absolute atomic E-state index is 0.168. The predicted molar refractivity (Wildman–Crippen MR) is 80.4 cm³/mol. The van der Waals surface area contributed by atoms with Crippen LogP contribution in [0.4, 0.5) is 0 Å². The molecule has 1 saturated carbocycles. The zero-order valence-corrected chi connectivity index (χ0v) is 13.6. The number of rotatable bonds is 4. The number of aryl methyl sites for hydroxylation is 2. The van der Waals surface area contributed by atoms with Crippen LogP contribution in [-0.2, 0) is 9.53 Å². The molecule has 0 spiro atoms. The average molecular weight is 308 g/mol. The lowest BCUT2D eigenvalue weighted by atomic mass is 9.86. The van der Waals surface area contributed by atoms with Crippen LogP contribution in [0.2, 0.25) is 0 Å². The molecule has 1 aromatic heterocycles. The number of amides is 1. The topological polar surface area (TPSA) is 81.4 Å². The molecular weight excluding hydrogens is 284 g/mol. The maximum atomic E-state index is 12.2. The third-order valence-corrected chi connectivity index (χ3v) is 4.33. The van der Waals surface area contributed by atoms with Gasteiger partial charge in [-0.25, -0.2) is 4.79 Å². The highest BCUT2D eigenvalue weighted by Crippen LogP contribution is 2.24. The highest BCUT2D eigenvalue weighted by molar-refractivity contribution is 5.93. The van der Waals surface area contributed by atoms with E-state index in [4.69, 9.17) is 9.26 Å². The SMILES string of the molecule is Cc1noc(C)c1C(=O)O[C@@H](C)C(=O)N[C@@H]1CCCC[C@@H]1C. The number of nitrogens with one attached hydrogen (secondary N) is 1. The molecule has 3 atom stereocenters. The summed E-state index contributed by atoms with van der Waals surface area (Å²) in [5.41, 5.74) is 0.765. The van der Waals surface area contributed by atoms with Crippen molar-refractivity contribution >= 4 is 11.9 Å². The van der Waals surface area contributed by atoms with Gasteiger partial charge >= 0.3 is 5.97 Å². The van der Waals surface area contributed by atoms with Crippen molar-refractivity contribution in [1.29, 1.82) is 0 Å². The first-order valence-corrected chi connectivity index (χ1v) is 7.84. The minimum atomic E-state index is -0.838. The molecule has 0 unspecified atom stereocenters. The number of hydrogen-bond donors (Lipinski definition) is 1. The molecule has 122 valence electrons. The van der Waals surface area contributed by atoms with Gasteiger partial charge in [-0.3, -0.25) is 4.79 Å². The average Bonchev–Trinajstić information content (AvgIpc) is 2.80. The number of esters is 1. The molecule has 0 saturated heterocycles. The first kappa shape index (κ1) is 16.5. The van der Waals surface area contributed by atoms with Crippen LogP contribution in [0.1, 0.15) is 61.3 Å². The molecule has 6 heteroatoms. The summed E-state index contributed by atoms with van der Waals surface area (Å²) in [6, 6.07) is 0.168. The molecule has 1 amide bonds. The normalized spacial score (nSPS) is 22.9. The summed E-state index contributed by atoms with van der Waals surface area (Å²) in [6.45, 7) is 7.04. The van der Waals surface area contributed by atoms with Gasteiger partial charge in [0.05, 0.1) is 5.69 Å². The number of ether oxygens (including phenoxy) is 1. The van der Waals surface area contributed by atoms with Crippen molar-refractivity contribution in [2.75, 3.05) is 0 Å². The Morgan fingerprint density at radius 1 is 1.32 bits per heavy atom. The van der Waals surface area contributed by atoms with Gasteiger partial charge < -0.3 is 14.6 Å². The van der Waals surface area contributed by atoms with Crippen LogP contribution in [0.3, 0.4) is 0 Å². The third-order valence-electron chi connectivity index (χ3n) is 4.33. The fraction of sp³-hybridized carbons (Fsp3) is 0.688. The second-order valence-electron chi connectivity index (χ2n) is 6.12. The van der Waals surface area contributed by atoms with Crippen molar-refractivity contribution in [1.82, 2.24) is 10.5 Å². The van der Waals surface area contributed by atoms with Gasteiger partial charge in [-0.05, 0) is 39.5 Å². The molecule has 0 aliphatic heterocycles. The maximum absolute atomic E-state index is 12.2. The van der Waals surface area contributed by atoms with Crippen LogP contribution in [0.15, 0.2) is 4.52 Å². The lowest BCUT2D eigenvalue weighted by Crippen LogP contribution is -2.46. The van der Waals surface area contributed by atoms with E-state index < -0.39 is 12.1 Å². The Labute approximate surface area is 130 Å². The van der Waals surface area contributed by atoms with E-state index >= 15 is 0 Å². The Morgan fingerprint density at radius 2 is 2.00 bits per heavy atom. The van der Waals surface area contributed by atoms with E-state index in [0.717, 1.165) is 19.3 Å². The molecule has 0 bridgehead atoms. The van der Waals surface area contributed by atoms with E-state index in [1.54, 1.807) is 20.8 Å². The molecule has 1 aromatic rings. The van der Waals surface area contributed by atoms with E-state index in [0.29, 0.717) is 22.9 Å². The molecule has 1 heterocycles. The smallest absolute Gasteiger partial charge is 0.344 e. The van der Waals surface area contributed by atoms with Crippen molar-refractivity contribution in [2.24, 2.45) is 5.92 Å². The molecule has 6 nitrogen and oxygen atoms in total. The molecule has 1 fully saturated rings. The molecule has 1 aliphatic rings. The lowest BCUT2D eigenvalue weighted by Gasteiger charge is -2.30. The third kappa shape index (κ3) is 3.67. The zero-order chi connectivity index (χ0) is 16.3. The predicted octanol–water partition coefficient (Wildman–Crippen LogP) is 2.53. The molecular formula is C16H24N2O4. The van der Waals surface area contributed by atoms with Crippen molar-refractivity contribution in [3.63, 3.8) is 0 Å². The second-order valence-corrected chi connectivity index (χ2v) is 6.12. The Balaban J connectivity index is 1.92. The Bertz CT molecular complexity index is 533. The van der Waals surface area contributed by atoms with E-state index in [9.17, 15) is 9.59 Å².